The van der Waals surface area contributed by atoms with Gasteiger partial charge in [-0.2, -0.15) is 5.26 Å². The fraction of sp³-hybridized carbons (Fsp3) is 0.0714. The highest BCUT2D eigenvalue weighted by Crippen LogP contribution is 2.29. The smallest absolute Gasteiger partial charge is 0.142 e. The van der Waals surface area contributed by atoms with Crippen molar-refractivity contribution in [3.63, 3.8) is 0 Å². The number of rotatable bonds is 3. The Hall–Kier alpha value is -1.99. The van der Waals surface area contributed by atoms with Gasteiger partial charge in [0, 0.05) is 4.47 Å². The molecule has 0 spiro atoms. The van der Waals surface area contributed by atoms with Gasteiger partial charge in [-0.25, -0.2) is 0 Å². The highest BCUT2D eigenvalue weighted by Gasteiger charge is 2.06. The van der Waals surface area contributed by atoms with E-state index < -0.39 is 0 Å². The number of hydrogen-bond donors (Lipinski definition) is 1. The van der Waals surface area contributed by atoms with Gasteiger partial charge in [-0.05, 0) is 30.3 Å². The number of anilines is 2. The maximum atomic E-state index is 9.11. The highest BCUT2D eigenvalue weighted by molar-refractivity contribution is 9.10. The minimum Gasteiger partial charge on any atom is -0.495 e. The third kappa shape index (κ3) is 2.63. The standard InChI is InChI=1S/C14H11BrN2O/c1-18-14-5-3-2-4-13(14)17-12-7-6-11(15)8-10(12)9-16/h2-8,17H,1H3. The number of ether oxygens (including phenoxy) is 1. The Balaban J connectivity index is 2.37. The zero-order valence-corrected chi connectivity index (χ0v) is 11.4. The van der Waals surface area contributed by atoms with E-state index in [4.69, 9.17) is 10.00 Å². The average molecular weight is 303 g/mol. The topological polar surface area (TPSA) is 45.0 Å². The Morgan fingerprint density at radius 1 is 1.17 bits per heavy atom. The molecule has 3 nitrogen and oxygen atoms in total. The minimum atomic E-state index is 0.579. The van der Waals surface area contributed by atoms with Crippen molar-refractivity contribution >= 4 is 27.3 Å². The SMILES string of the molecule is COc1ccccc1Nc1ccc(Br)cc1C#N. The molecule has 0 unspecified atom stereocenters. The number of nitrogens with one attached hydrogen (secondary N) is 1. The summed E-state index contributed by atoms with van der Waals surface area (Å²) in [6, 6.07) is 15.3. The first-order valence-corrected chi connectivity index (χ1v) is 6.13. The van der Waals surface area contributed by atoms with E-state index in [1.54, 1.807) is 13.2 Å². The molecule has 0 aliphatic heterocycles. The van der Waals surface area contributed by atoms with Crippen LogP contribution in [0.25, 0.3) is 0 Å². The number of nitrogens with zero attached hydrogens (tertiary/aromatic N) is 1. The molecule has 0 atom stereocenters. The lowest BCUT2D eigenvalue weighted by atomic mass is 10.2. The normalized spacial score (nSPS) is 9.61. The van der Waals surface area contributed by atoms with Crippen molar-refractivity contribution < 1.29 is 4.74 Å². The predicted octanol–water partition coefficient (Wildman–Crippen LogP) is 4.07. The average Bonchev–Trinajstić information content (AvgIpc) is 2.41. The van der Waals surface area contributed by atoms with Gasteiger partial charge in [0.05, 0.1) is 24.0 Å². The largest absolute Gasteiger partial charge is 0.495 e. The second-order valence-corrected chi connectivity index (χ2v) is 4.54. The first kappa shape index (κ1) is 12.5. The summed E-state index contributed by atoms with van der Waals surface area (Å²) < 4.78 is 6.14. The summed E-state index contributed by atoms with van der Waals surface area (Å²) in [6.45, 7) is 0. The number of halogens is 1. The first-order chi connectivity index (χ1) is 8.74. The third-order valence-corrected chi connectivity index (χ3v) is 2.97. The summed E-state index contributed by atoms with van der Waals surface area (Å²) in [4.78, 5) is 0. The molecule has 0 bridgehead atoms. The molecule has 4 heteroatoms. The summed E-state index contributed by atoms with van der Waals surface area (Å²) in [5, 5.41) is 12.3. The van der Waals surface area contributed by atoms with Crippen LogP contribution in [0.1, 0.15) is 5.56 Å². The van der Waals surface area contributed by atoms with Gasteiger partial charge < -0.3 is 10.1 Å². The number of nitriles is 1. The quantitative estimate of drug-likeness (QED) is 0.929. The summed E-state index contributed by atoms with van der Waals surface area (Å²) in [5.41, 5.74) is 2.17. The number of methoxy groups -OCH3 is 1. The van der Waals surface area contributed by atoms with Crippen molar-refractivity contribution in [3.05, 3.63) is 52.5 Å². The molecule has 90 valence electrons. The highest BCUT2D eigenvalue weighted by atomic mass is 79.9. The second kappa shape index (κ2) is 5.56. The van der Waals surface area contributed by atoms with E-state index in [2.05, 4.69) is 27.3 Å². The van der Waals surface area contributed by atoms with Crippen molar-refractivity contribution in [2.45, 2.75) is 0 Å². The van der Waals surface area contributed by atoms with Crippen LogP contribution in [-0.2, 0) is 0 Å². The molecular weight excluding hydrogens is 292 g/mol. The fourth-order valence-electron chi connectivity index (χ4n) is 1.61. The lowest BCUT2D eigenvalue weighted by Crippen LogP contribution is -1.96. The van der Waals surface area contributed by atoms with E-state index in [0.29, 0.717) is 5.56 Å². The molecule has 2 aromatic rings. The predicted molar refractivity (Wildman–Crippen MR) is 75.1 cm³/mol. The Morgan fingerprint density at radius 3 is 2.67 bits per heavy atom. The number of benzene rings is 2. The lowest BCUT2D eigenvalue weighted by molar-refractivity contribution is 0.417. The summed E-state index contributed by atoms with van der Waals surface area (Å²) in [6.07, 6.45) is 0. The van der Waals surface area contributed by atoms with Crippen LogP contribution in [0.2, 0.25) is 0 Å². The van der Waals surface area contributed by atoms with Crippen LogP contribution >= 0.6 is 15.9 Å². The molecule has 0 amide bonds. The summed E-state index contributed by atoms with van der Waals surface area (Å²) >= 11 is 3.35. The fourth-order valence-corrected chi connectivity index (χ4v) is 1.97. The Bertz CT molecular complexity index is 605. The maximum Gasteiger partial charge on any atom is 0.142 e. The lowest BCUT2D eigenvalue weighted by Gasteiger charge is -2.12. The molecule has 0 aliphatic carbocycles. The molecule has 0 saturated carbocycles. The van der Waals surface area contributed by atoms with Crippen molar-refractivity contribution in [1.82, 2.24) is 0 Å². The molecule has 0 aliphatic rings. The van der Waals surface area contributed by atoms with E-state index >= 15 is 0 Å². The summed E-state index contributed by atoms with van der Waals surface area (Å²) in [7, 11) is 1.62. The molecule has 0 radical (unpaired) electrons. The molecule has 2 rings (SSSR count). The monoisotopic (exact) mass is 302 g/mol. The molecule has 1 N–H and O–H groups in total. The Labute approximate surface area is 114 Å². The van der Waals surface area contributed by atoms with Gasteiger partial charge in [0.25, 0.3) is 0 Å². The van der Waals surface area contributed by atoms with E-state index in [-0.39, 0.29) is 0 Å². The van der Waals surface area contributed by atoms with Crippen LogP contribution in [-0.4, -0.2) is 7.11 Å². The van der Waals surface area contributed by atoms with Crippen LogP contribution in [0.5, 0.6) is 5.75 Å². The van der Waals surface area contributed by atoms with Gasteiger partial charge in [-0.3, -0.25) is 0 Å². The minimum absolute atomic E-state index is 0.579. The molecule has 0 aromatic heterocycles. The zero-order valence-electron chi connectivity index (χ0n) is 9.77. The van der Waals surface area contributed by atoms with E-state index in [0.717, 1.165) is 21.6 Å². The van der Waals surface area contributed by atoms with Crippen molar-refractivity contribution in [2.75, 3.05) is 12.4 Å². The van der Waals surface area contributed by atoms with Gasteiger partial charge in [0.2, 0.25) is 0 Å². The maximum absolute atomic E-state index is 9.11. The Kier molecular flexibility index (Phi) is 3.85. The van der Waals surface area contributed by atoms with E-state index in [1.165, 1.54) is 0 Å². The van der Waals surface area contributed by atoms with Gasteiger partial charge in [-0.15, -0.1) is 0 Å². The molecular formula is C14H11BrN2O. The van der Waals surface area contributed by atoms with Crippen molar-refractivity contribution in [2.24, 2.45) is 0 Å². The molecule has 0 fully saturated rings. The number of hydrogen-bond acceptors (Lipinski definition) is 3. The molecule has 2 aromatic carbocycles. The molecule has 0 heterocycles. The second-order valence-electron chi connectivity index (χ2n) is 3.63. The van der Waals surface area contributed by atoms with Gasteiger partial charge in [0.1, 0.15) is 11.8 Å². The van der Waals surface area contributed by atoms with Crippen LogP contribution in [0, 0.1) is 11.3 Å². The first-order valence-electron chi connectivity index (χ1n) is 5.34. The number of para-hydroxylation sites is 2. The van der Waals surface area contributed by atoms with Gasteiger partial charge >= 0.3 is 0 Å². The van der Waals surface area contributed by atoms with Crippen molar-refractivity contribution in [1.29, 1.82) is 5.26 Å². The third-order valence-electron chi connectivity index (χ3n) is 2.48. The van der Waals surface area contributed by atoms with Gasteiger partial charge in [0.15, 0.2) is 0 Å². The zero-order chi connectivity index (χ0) is 13.0. The Morgan fingerprint density at radius 2 is 1.94 bits per heavy atom. The van der Waals surface area contributed by atoms with Crippen LogP contribution in [0.15, 0.2) is 46.9 Å². The van der Waals surface area contributed by atoms with Crippen molar-refractivity contribution in [3.8, 4) is 11.8 Å². The van der Waals surface area contributed by atoms with Crippen LogP contribution in [0.3, 0.4) is 0 Å². The van der Waals surface area contributed by atoms with E-state index in [1.807, 2.05) is 36.4 Å². The van der Waals surface area contributed by atoms with E-state index in [9.17, 15) is 0 Å². The summed E-state index contributed by atoms with van der Waals surface area (Å²) in [5.74, 6) is 0.740. The molecule has 0 saturated heterocycles. The van der Waals surface area contributed by atoms with Gasteiger partial charge in [-0.1, -0.05) is 28.1 Å². The van der Waals surface area contributed by atoms with Crippen LogP contribution in [0.4, 0.5) is 11.4 Å². The molecule has 18 heavy (non-hydrogen) atoms. The van der Waals surface area contributed by atoms with Crippen LogP contribution < -0.4 is 10.1 Å².